The molecule has 0 saturated carbocycles. The van der Waals surface area contributed by atoms with E-state index in [9.17, 15) is 9.18 Å². The number of rotatable bonds is 3. The molecule has 2 aromatic rings. The molecule has 3 rings (SSSR count). The Balaban J connectivity index is 1.69. The van der Waals surface area contributed by atoms with Crippen LogP contribution in [0, 0.1) is 11.7 Å². The highest BCUT2D eigenvalue weighted by molar-refractivity contribution is 6.34. The van der Waals surface area contributed by atoms with E-state index in [-0.39, 0.29) is 10.6 Å². The van der Waals surface area contributed by atoms with Gasteiger partial charge in [0.25, 0.3) is 5.91 Å². The molecule has 1 N–H and O–H groups in total. The Kier molecular flexibility index (Phi) is 5.00. The highest BCUT2D eigenvalue weighted by Gasteiger charge is 2.18. The van der Waals surface area contributed by atoms with Crippen molar-refractivity contribution < 1.29 is 9.18 Å². The number of pyridine rings is 1. The molecule has 4 nitrogen and oxygen atoms in total. The maximum atomic E-state index is 13.8. The van der Waals surface area contributed by atoms with Crippen LogP contribution in [-0.4, -0.2) is 24.0 Å². The summed E-state index contributed by atoms with van der Waals surface area (Å²) in [4.78, 5) is 18.7. The summed E-state index contributed by atoms with van der Waals surface area (Å²) in [6.45, 7) is 4.29. The molecule has 0 atom stereocenters. The van der Waals surface area contributed by atoms with Gasteiger partial charge in [0.1, 0.15) is 11.6 Å². The number of nitrogens with one attached hydrogen (secondary N) is 1. The summed E-state index contributed by atoms with van der Waals surface area (Å²) >= 11 is 5.90. The van der Waals surface area contributed by atoms with Gasteiger partial charge in [-0.2, -0.15) is 0 Å². The molecule has 0 bridgehead atoms. The zero-order valence-electron chi connectivity index (χ0n) is 13.4. The summed E-state index contributed by atoms with van der Waals surface area (Å²) < 4.78 is 13.8. The van der Waals surface area contributed by atoms with Crippen LogP contribution in [0.5, 0.6) is 0 Å². The number of aromatic nitrogens is 1. The number of nitrogens with zero attached hydrogens (tertiary/aromatic N) is 2. The van der Waals surface area contributed by atoms with E-state index in [0.717, 1.165) is 24.7 Å². The van der Waals surface area contributed by atoms with Crippen LogP contribution in [0.2, 0.25) is 5.02 Å². The van der Waals surface area contributed by atoms with Crippen LogP contribution in [0.1, 0.15) is 30.1 Å². The molecule has 1 saturated heterocycles. The zero-order chi connectivity index (χ0) is 17.1. The molecule has 1 aromatic carbocycles. The first kappa shape index (κ1) is 16.7. The number of amides is 1. The first-order valence-electron chi connectivity index (χ1n) is 8.01. The lowest BCUT2D eigenvalue weighted by Gasteiger charge is -2.31. The molecule has 6 heteroatoms. The van der Waals surface area contributed by atoms with Crippen molar-refractivity contribution in [1.29, 1.82) is 0 Å². The Hall–Kier alpha value is -2.14. The summed E-state index contributed by atoms with van der Waals surface area (Å²) in [5.74, 6) is -0.129. The fourth-order valence-corrected chi connectivity index (χ4v) is 3.06. The smallest absolute Gasteiger partial charge is 0.261 e. The second kappa shape index (κ2) is 7.18. The molecular formula is C18H19ClFN3O. The summed E-state index contributed by atoms with van der Waals surface area (Å²) in [7, 11) is 0. The molecule has 1 aliphatic rings. The molecule has 0 unspecified atom stereocenters. The van der Waals surface area contributed by atoms with Gasteiger partial charge in [0, 0.05) is 13.1 Å². The molecule has 2 heterocycles. The van der Waals surface area contributed by atoms with E-state index in [1.807, 2.05) is 6.07 Å². The van der Waals surface area contributed by atoms with Crippen LogP contribution in [0.4, 0.5) is 15.9 Å². The monoisotopic (exact) mass is 347 g/mol. The Morgan fingerprint density at radius 1 is 1.29 bits per heavy atom. The molecule has 1 aliphatic heterocycles. The number of anilines is 2. The minimum Gasteiger partial charge on any atom is -0.370 e. The van der Waals surface area contributed by atoms with Crippen molar-refractivity contribution in [2.45, 2.75) is 19.8 Å². The predicted octanol–water partition coefficient (Wildman–Crippen LogP) is 4.36. The second-order valence-corrected chi connectivity index (χ2v) is 6.53. The molecule has 0 spiro atoms. The first-order valence-corrected chi connectivity index (χ1v) is 8.39. The van der Waals surface area contributed by atoms with Gasteiger partial charge in [-0.25, -0.2) is 9.37 Å². The fraction of sp³-hybridized carbons (Fsp3) is 0.333. The van der Waals surface area contributed by atoms with Crippen LogP contribution in [0.3, 0.4) is 0 Å². The maximum Gasteiger partial charge on any atom is 0.261 e. The van der Waals surface area contributed by atoms with E-state index in [0.29, 0.717) is 5.82 Å². The third-order valence-electron chi connectivity index (χ3n) is 4.33. The minimum absolute atomic E-state index is 0.0755. The van der Waals surface area contributed by atoms with Gasteiger partial charge in [-0.1, -0.05) is 24.6 Å². The van der Waals surface area contributed by atoms with Crippen LogP contribution in [0.25, 0.3) is 0 Å². The molecule has 1 aromatic heterocycles. The van der Waals surface area contributed by atoms with Gasteiger partial charge in [-0.05, 0) is 43.0 Å². The van der Waals surface area contributed by atoms with Gasteiger partial charge in [0.2, 0.25) is 0 Å². The average Bonchev–Trinajstić information content (AvgIpc) is 2.56. The van der Waals surface area contributed by atoms with E-state index in [1.165, 1.54) is 31.0 Å². The van der Waals surface area contributed by atoms with Gasteiger partial charge in [-0.15, -0.1) is 0 Å². The molecule has 24 heavy (non-hydrogen) atoms. The van der Waals surface area contributed by atoms with Crippen molar-refractivity contribution >= 4 is 29.0 Å². The highest BCUT2D eigenvalue weighted by atomic mass is 35.5. The van der Waals surface area contributed by atoms with Crippen molar-refractivity contribution in [2.75, 3.05) is 23.3 Å². The van der Waals surface area contributed by atoms with Crippen molar-refractivity contribution in [2.24, 2.45) is 5.92 Å². The van der Waals surface area contributed by atoms with Crippen molar-refractivity contribution in [3.63, 3.8) is 0 Å². The number of carbonyl (C=O) groups is 1. The van der Waals surface area contributed by atoms with Crippen LogP contribution in [0.15, 0.2) is 36.5 Å². The van der Waals surface area contributed by atoms with E-state index in [1.54, 1.807) is 12.3 Å². The lowest BCUT2D eigenvalue weighted by Crippen LogP contribution is -2.32. The highest BCUT2D eigenvalue weighted by Crippen LogP contribution is 2.24. The lowest BCUT2D eigenvalue weighted by atomic mass is 9.99. The topological polar surface area (TPSA) is 45.2 Å². The Morgan fingerprint density at radius 2 is 2.04 bits per heavy atom. The minimum atomic E-state index is -0.654. The Morgan fingerprint density at radius 3 is 2.67 bits per heavy atom. The quantitative estimate of drug-likeness (QED) is 0.897. The standard InChI is InChI=1S/C18H19ClFN3O/c1-12-7-9-23(10-8-12)13-5-6-16(21-11-13)22-18(24)17-14(19)3-2-4-15(17)20/h2-6,11-12H,7-10H2,1H3,(H,21,22,24). The number of halogens is 2. The Bertz CT molecular complexity index is 707. The van der Waals surface area contributed by atoms with Crippen LogP contribution < -0.4 is 10.2 Å². The van der Waals surface area contributed by atoms with Crippen molar-refractivity contribution in [3.05, 3.63) is 52.9 Å². The van der Waals surface area contributed by atoms with Gasteiger partial charge in [-0.3, -0.25) is 4.79 Å². The second-order valence-electron chi connectivity index (χ2n) is 6.12. The van der Waals surface area contributed by atoms with E-state index in [4.69, 9.17) is 11.6 Å². The summed E-state index contributed by atoms with van der Waals surface area (Å²) in [6, 6.07) is 7.78. The summed E-state index contributed by atoms with van der Waals surface area (Å²) in [5, 5.41) is 2.66. The lowest BCUT2D eigenvalue weighted by molar-refractivity contribution is 0.102. The number of hydrogen-bond donors (Lipinski definition) is 1. The van der Waals surface area contributed by atoms with Gasteiger partial charge in [0.15, 0.2) is 0 Å². The summed E-state index contributed by atoms with van der Waals surface area (Å²) in [6.07, 6.45) is 4.07. The number of hydrogen-bond acceptors (Lipinski definition) is 3. The normalized spacial score (nSPS) is 15.4. The molecule has 0 aliphatic carbocycles. The number of benzene rings is 1. The molecule has 1 amide bonds. The van der Waals surface area contributed by atoms with Crippen LogP contribution in [-0.2, 0) is 0 Å². The molecule has 1 fully saturated rings. The number of carbonyl (C=O) groups excluding carboxylic acids is 1. The van der Waals surface area contributed by atoms with Gasteiger partial charge >= 0.3 is 0 Å². The SMILES string of the molecule is CC1CCN(c2ccc(NC(=O)c3c(F)cccc3Cl)nc2)CC1. The predicted molar refractivity (Wildman–Crippen MR) is 94.2 cm³/mol. The zero-order valence-corrected chi connectivity index (χ0v) is 14.2. The van der Waals surface area contributed by atoms with Crippen molar-refractivity contribution in [1.82, 2.24) is 4.98 Å². The van der Waals surface area contributed by atoms with Crippen LogP contribution >= 0.6 is 11.6 Å². The van der Waals surface area contributed by atoms with E-state index in [2.05, 4.69) is 22.1 Å². The Labute approximate surface area is 145 Å². The molecular weight excluding hydrogens is 329 g/mol. The largest absolute Gasteiger partial charge is 0.370 e. The van der Waals surface area contributed by atoms with E-state index >= 15 is 0 Å². The fourth-order valence-electron chi connectivity index (χ4n) is 2.81. The third kappa shape index (κ3) is 3.67. The molecule has 126 valence electrons. The average molecular weight is 348 g/mol. The third-order valence-corrected chi connectivity index (χ3v) is 4.64. The van der Waals surface area contributed by atoms with Gasteiger partial charge in [0.05, 0.1) is 22.5 Å². The summed E-state index contributed by atoms with van der Waals surface area (Å²) in [5.41, 5.74) is 0.860. The first-order chi connectivity index (χ1) is 11.5. The molecule has 0 radical (unpaired) electrons. The van der Waals surface area contributed by atoms with Gasteiger partial charge < -0.3 is 10.2 Å². The van der Waals surface area contributed by atoms with Crippen molar-refractivity contribution in [3.8, 4) is 0 Å². The maximum absolute atomic E-state index is 13.8. The van der Waals surface area contributed by atoms with E-state index < -0.39 is 11.7 Å². The number of piperidine rings is 1.